The lowest BCUT2D eigenvalue weighted by Crippen LogP contribution is -2.47. The highest BCUT2D eigenvalue weighted by molar-refractivity contribution is 7.98. The number of hydrogen-bond acceptors (Lipinski definition) is 3. The molecule has 0 atom stereocenters. The summed E-state index contributed by atoms with van der Waals surface area (Å²) in [7, 11) is 1.88. The number of likely N-dealkylation sites (tertiary alicyclic amines) is 1. The first-order valence-electron chi connectivity index (χ1n) is 8.49. The number of fused-ring (bicyclic) bond motifs is 1. The summed E-state index contributed by atoms with van der Waals surface area (Å²) >= 11 is 1.90. The van der Waals surface area contributed by atoms with Gasteiger partial charge < -0.3 is 14.6 Å². The monoisotopic (exact) mass is 332 g/mol. The van der Waals surface area contributed by atoms with Crippen LogP contribution in [0.4, 0.5) is 0 Å². The topological polar surface area (TPSA) is 28.3 Å². The molecule has 0 radical (unpaired) electrons. The molecule has 126 valence electrons. The Morgan fingerprint density at radius 3 is 2.78 bits per heavy atom. The fourth-order valence-electron chi connectivity index (χ4n) is 3.63. The van der Waals surface area contributed by atoms with Gasteiger partial charge in [-0.2, -0.15) is 11.8 Å². The van der Waals surface area contributed by atoms with Gasteiger partial charge in [-0.15, -0.1) is 0 Å². The standard InChI is InChI=1S/C19H28N2OS/c1-15-4-5-18-17(12-15)16(13-20-18)6-9-21-10-7-19(22-2,8-11-21)14-23-3/h4-5,12-13,20H,6-11,14H2,1-3H3. The van der Waals surface area contributed by atoms with E-state index < -0.39 is 0 Å². The molecule has 0 aliphatic carbocycles. The maximum Gasteiger partial charge on any atom is 0.0792 e. The van der Waals surface area contributed by atoms with E-state index in [1.807, 2.05) is 18.9 Å². The van der Waals surface area contributed by atoms with Crippen LogP contribution in [0.2, 0.25) is 0 Å². The van der Waals surface area contributed by atoms with E-state index in [0.717, 1.165) is 44.6 Å². The van der Waals surface area contributed by atoms with E-state index in [1.165, 1.54) is 22.0 Å². The predicted molar refractivity (Wildman–Crippen MR) is 101 cm³/mol. The number of methoxy groups -OCH3 is 1. The zero-order valence-corrected chi connectivity index (χ0v) is 15.3. The second-order valence-corrected chi connectivity index (χ2v) is 7.64. The summed E-state index contributed by atoms with van der Waals surface area (Å²) in [5, 5.41) is 1.38. The van der Waals surface area contributed by atoms with E-state index in [0.29, 0.717) is 0 Å². The number of aromatic nitrogens is 1. The van der Waals surface area contributed by atoms with E-state index in [-0.39, 0.29) is 5.60 Å². The molecule has 1 aliphatic heterocycles. The molecular weight excluding hydrogens is 304 g/mol. The average molecular weight is 333 g/mol. The summed E-state index contributed by atoms with van der Waals surface area (Å²) in [5.41, 5.74) is 4.13. The van der Waals surface area contributed by atoms with Gasteiger partial charge in [0.2, 0.25) is 0 Å². The van der Waals surface area contributed by atoms with Crippen LogP contribution in [0.15, 0.2) is 24.4 Å². The maximum absolute atomic E-state index is 5.84. The van der Waals surface area contributed by atoms with Crippen molar-refractivity contribution >= 4 is 22.7 Å². The fraction of sp³-hybridized carbons (Fsp3) is 0.579. The largest absolute Gasteiger partial charge is 0.377 e. The van der Waals surface area contributed by atoms with Gasteiger partial charge >= 0.3 is 0 Å². The van der Waals surface area contributed by atoms with Crippen LogP contribution < -0.4 is 0 Å². The highest BCUT2D eigenvalue weighted by atomic mass is 32.2. The van der Waals surface area contributed by atoms with Crippen molar-refractivity contribution in [2.75, 3.05) is 38.8 Å². The van der Waals surface area contributed by atoms with Crippen molar-refractivity contribution in [1.29, 1.82) is 0 Å². The van der Waals surface area contributed by atoms with Crippen molar-refractivity contribution in [2.24, 2.45) is 0 Å². The molecule has 0 saturated carbocycles. The van der Waals surface area contributed by atoms with Gasteiger partial charge in [0.1, 0.15) is 0 Å². The predicted octanol–water partition coefficient (Wildman–Crippen LogP) is 3.86. The third kappa shape index (κ3) is 3.76. The van der Waals surface area contributed by atoms with E-state index in [4.69, 9.17) is 4.74 Å². The molecular formula is C19H28N2OS. The maximum atomic E-state index is 5.84. The second-order valence-electron chi connectivity index (χ2n) is 6.77. The zero-order valence-electron chi connectivity index (χ0n) is 14.5. The summed E-state index contributed by atoms with van der Waals surface area (Å²) in [6.45, 7) is 5.60. The molecule has 1 aromatic heterocycles. The Labute approximate surface area is 143 Å². The Morgan fingerprint density at radius 1 is 1.30 bits per heavy atom. The number of hydrogen-bond donors (Lipinski definition) is 1. The summed E-state index contributed by atoms with van der Waals surface area (Å²) in [5.74, 6) is 1.11. The number of thioether (sulfide) groups is 1. The van der Waals surface area contributed by atoms with Crippen molar-refractivity contribution in [2.45, 2.75) is 31.8 Å². The van der Waals surface area contributed by atoms with E-state index >= 15 is 0 Å². The number of aromatic amines is 1. The van der Waals surface area contributed by atoms with Crippen LogP contribution in [-0.4, -0.2) is 54.2 Å². The molecule has 23 heavy (non-hydrogen) atoms. The third-order valence-corrected chi connectivity index (χ3v) is 6.04. The molecule has 1 saturated heterocycles. The molecule has 0 bridgehead atoms. The number of aryl methyl sites for hydroxylation is 1. The second kappa shape index (κ2) is 7.29. The fourth-order valence-corrected chi connectivity index (χ4v) is 4.56. The van der Waals surface area contributed by atoms with Crippen molar-refractivity contribution in [3.05, 3.63) is 35.5 Å². The van der Waals surface area contributed by atoms with E-state index in [1.54, 1.807) is 0 Å². The van der Waals surface area contributed by atoms with Gasteiger partial charge in [-0.25, -0.2) is 0 Å². The van der Waals surface area contributed by atoms with Crippen LogP contribution in [0.5, 0.6) is 0 Å². The molecule has 0 spiro atoms. The number of ether oxygens (including phenoxy) is 1. The molecule has 1 aromatic carbocycles. The van der Waals surface area contributed by atoms with Gasteiger partial charge in [-0.1, -0.05) is 11.6 Å². The smallest absolute Gasteiger partial charge is 0.0792 e. The highest BCUT2D eigenvalue weighted by Crippen LogP contribution is 2.29. The molecule has 1 aliphatic rings. The highest BCUT2D eigenvalue weighted by Gasteiger charge is 2.33. The first kappa shape index (κ1) is 16.9. The molecule has 2 aromatic rings. The van der Waals surface area contributed by atoms with Gasteiger partial charge in [0.05, 0.1) is 5.60 Å². The number of H-pyrrole nitrogens is 1. The summed E-state index contributed by atoms with van der Waals surface area (Å²) in [4.78, 5) is 5.99. The first-order valence-corrected chi connectivity index (χ1v) is 9.88. The molecule has 2 heterocycles. The lowest BCUT2D eigenvalue weighted by Gasteiger charge is -2.40. The van der Waals surface area contributed by atoms with Gasteiger partial charge in [0.15, 0.2) is 0 Å². The van der Waals surface area contributed by atoms with Crippen LogP contribution >= 0.6 is 11.8 Å². The van der Waals surface area contributed by atoms with E-state index in [9.17, 15) is 0 Å². The van der Waals surface area contributed by atoms with Crippen molar-refractivity contribution in [1.82, 2.24) is 9.88 Å². The number of rotatable bonds is 6. The zero-order chi connectivity index (χ0) is 16.3. The van der Waals surface area contributed by atoms with Crippen molar-refractivity contribution in [3.63, 3.8) is 0 Å². The average Bonchev–Trinajstić information content (AvgIpc) is 2.97. The SMILES string of the molecule is COC1(CSC)CCN(CCc2c[nH]c3ccc(C)cc23)CC1. The van der Waals surface area contributed by atoms with Gasteiger partial charge in [0.25, 0.3) is 0 Å². The molecule has 0 unspecified atom stereocenters. The van der Waals surface area contributed by atoms with Crippen LogP contribution in [0.3, 0.4) is 0 Å². The lowest BCUT2D eigenvalue weighted by molar-refractivity contribution is -0.0384. The Kier molecular flexibility index (Phi) is 5.34. The lowest BCUT2D eigenvalue weighted by atomic mass is 9.93. The number of benzene rings is 1. The molecule has 0 amide bonds. The van der Waals surface area contributed by atoms with Crippen LogP contribution in [-0.2, 0) is 11.2 Å². The Hall–Kier alpha value is -0.970. The van der Waals surface area contributed by atoms with Crippen molar-refractivity contribution in [3.8, 4) is 0 Å². The minimum atomic E-state index is 0.105. The summed E-state index contributed by atoms with van der Waals surface area (Å²) in [6, 6.07) is 6.65. The molecule has 4 heteroatoms. The Balaban J connectivity index is 1.58. The van der Waals surface area contributed by atoms with Gasteiger partial charge in [-0.05, 0) is 50.1 Å². The number of nitrogens with zero attached hydrogens (tertiary/aromatic N) is 1. The molecule has 1 N–H and O–H groups in total. The van der Waals surface area contributed by atoms with Crippen LogP contribution in [0.25, 0.3) is 10.9 Å². The molecule has 3 nitrogen and oxygen atoms in total. The number of piperidine rings is 1. The molecule has 1 fully saturated rings. The Bertz CT molecular complexity index is 644. The quantitative estimate of drug-likeness (QED) is 0.870. The normalized spacial score (nSPS) is 18.6. The van der Waals surface area contributed by atoms with Crippen molar-refractivity contribution < 1.29 is 4.74 Å². The minimum absolute atomic E-state index is 0.105. The summed E-state index contributed by atoms with van der Waals surface area (Å²) in [6.07, 6.45) is 7.77. The molecule has 3 rings (SSSR count). The number of nitrogens with one attached hydrogen (secondary N) is 1. The third-order valence-electron chi connectivity index (χ3n) is 5.23. The Morgan fingerprint density at radius 2 is 2.09 bits per heavy atom. The minimum Gasteiger partial charge on any atom is -0.377 e. The van der Waals surface area contributed by atoms with Crippen LogP contribution in [0, 0.1) is 6.92 Å². The van der Waals surface area contributed by atoms with Crippen LogP contribution in [0.1, 0.15) is 24.0 Å². The van der Waals surface area contributed by atoms with E-state index in [2.05, 4.69) is 47.5 Å². The van der Waals surface area contributed by atoms with Gasteiger partial charge in [-0.3, -0.25) is 0 Å². The summed E-state index contributed by atoms with van der Waals surface area (Å²) < 4.78 is 5.84. The first-order chi connectivity index (χ1) is 11.2. The van der Waals surface area contributed by atoms with Gasteiger partial charge in [0, 0.05) is 49.6 Å².